The lowest BCUT2D eigenvalue weighted by Crippen LogP contribution is -2.54. The maximum Gasteiger partial charge on any atom is 0.338 e. The fraction of sp³-hybridized carbons (Fsp3) is 0.462. The largest absolute Gasteiger partial charge is 0.481 e. The predicted octanol–water partition coefficient (Wildman–Crippen LogP) is 3.86. The Hall–Kier alpha value is -2.68. The van der Waals surface area contributed by atoms with E-state index in [2.05, 4.69) is 26.2 Å². The van der Waals surface area contributed by atoms with Gasteiger partial charge in [-0.05, 0) is 60.2 Å². The molecule has 2 aliphatic heterocycles. The summed E-state index contributed by atoms with van der Waals surface area (Å²) in [6, 6.07) is 3.65. The van der Waals surface area contributed by atoms with Gasteiger partial charge in [-0.25, -0.2) is 26.9 Å². The minimum atomic E-state index is -3.67. The van der Waals surface area contributed by atoms with Gasteiger partial charge in [-0.2, -0.15) is 0 Å². The number of methoxy groups -OCH3 is 1. The van der Waals surface area contributed by atoms with E-state index >= 15 is 0 Å². The Morgan fingerprint density at radius 3 is 2.58 bits per heavy atom. The molecule has 0 spiro atoms. The molecule has 40 heavy (non-hydrogen) atoms. The number of sulfonamides is 1. The summed E-state index contributed by atoms with van der Waals surface area (Å²) in [5.41, 5.74) is 0.201. The van der Waals surface area contributed by atoms with E-state index in [-0.39, 0.29) is 41.9 Å². The van der Waals surface area contributed by atoms with Crippen molar-refractivity contribution in [3.05, 3.63) is 61.9 Å². The van der Waals surface area contributed by atoms with Crippen LogP contribution in [0.1, 0.15) is 49.2 Å². The van der Waals surface area contributed by atoms with E-state index in [9.17, 15) is 27.5 Å². The van der Waals surface area contributed by atoms with Crippen molar-refractivity contribution in [2.24, 2.45) is 16.3 Å². The summed E-state index contributed by atoms with van der Waals surface area (Å²) in [6.07, 6.45) is 2.62. The third-order valence-electron chi connectivity index (χ3n) is 7.91. The molecule has 5 rings (SSSR count). The number of rotatable bonds is 7. The molecular weight excluding hydrogens is 627 g/mol. The molecule has 1 aromatic carbocycles. The molecule has 3 aliphatic rings. The van der Waals surface area contributed by atoms with Crippen molar-refractivity contribution < 1.29 is 32.2 Å². The third kappa shape index (κ3) is 5.10. The van der Waals surface area contributed by atoms with Gasteiger partial charge in [0, 0.05) is 36.3 Å². The van der Waals surface area contributed by atoms with Crippen molar-refractivity contribution in [3.63, 3.8) is 0 Å². The zero-order chi connectivity index (χ0) is 28.8. The number of hydrogen-bond acceptors (Lipinski definition) is 9. The van der Waals surface area contributed by atoms with Crippen LogP contribution in [-0.2, 0) is 24.3 Å². The van der Waals surface area contributed by atoms with Crippen LogP contribution in [0.2, 0.25) is 0 Å². The fourth-order valence-corrected chi connectivity index (χ4v) is 8.93. The molecule has 1 aliphatic carbocycles. The SMILES string of the molecule is COC(=O)C1=C(C2CCN(S(=O)(=O)[C@H]3C[C@](C)(C(=O)O)C3)CC2)NC(c2nccs2)=NC1c1cccc(F)c1Br. The average Bonchev–Trinajstić information content (AvgIpc) is 3.47. The fourth-order valence-electron chi connectivity index (χ4n) is 5.57. The number of amidine groups is 1. The van der Waals surface area contributed by atoms with Gasteiger partial charge in [-0.3, -0.25) is 9.79 Å². The molecule has 14 heteroatoms. The van der Waals surface area contributed by atoms with E-state index in [0.29, 0.717) is 34.9 Å². The van der Waals surface area contributed by atoms with Gasteiger partial charge in [0.2, 0.25) is 10.0 Å². The highest BCUT2D eigenvalue weighted by Gasteiger charge is 2.53. The summed E-state index contributed by atoms with van der Waals surface area (Å²) in [4.78, 5) is 33.8. The second-order valence-electron chi connectivity index (χ2n) is 10.4. The second kappa shape index (κ2) is 11.0. The lowest BCUT2D eigenvalue weighted by molar-refractivity contribution is -0.152. The molecule has 10 nitrogen and oxygen atoms in total. The average molecular weight is 656 g/mol. The van der Waals surface area contributed by atoms with Gasteiger partial charge in [0.15, 0.2) is 10.8 Å². The molecule has 1 saturated carbocycles. The maximum atomic E-state index is 14.6. The number of esters is 1. The van der Waals surface area contributed by atoms with Gasteiger partial charge in [0.1, 0.15) is 11.9 Å². The molecule has 0 radical (unpaired) electrons. The van der Waals surface area contributed by atoms with E-state index in [1.807, 2.05) is 0 Å². The number of allylic oxidation sites excluding steroid dienone is 1. The third-order valence-corrected chi connectivity index (χ3v) is 11.8. The summed E-state index contributed by atoms with van der Waals surface area (Å²) in [7, 11) is -2.40. The standard InChI is InChI=1S/C26H28BrFN4O6S2/c1-26(25(34)35)12-15(13-26)40(36,37)32-9-6-14(7-10-32)20-18(24(33)38-2)21(16-4-3-5-17(28)19(16)27)31-22(30-20)23-29-8-11-39-23/h3-5,8,11,14-15,21H,6-7,9-10,12-13H2,1-2H3,(H,30,31)(H,34,35)/t15-,21?,26-. The number of piperidine rings is 1. The number of nitrogens with zero attached hydrogens (tertiary/aromatic N) is 3. The van der Waals surface area contributed by atoms with E-state index in [1.54, 1.807) is 30.6 Å². The molecule has 0 bridgehead atoms. The van der Waals surface area contributed by atoms with E-state index in [0.717, 1.165) is 0 Å². The van der Waals surface area contributed by atoms with Crippen molar-refractivity contribution in [1.29, 1.82) is 0 Å². The monoisotopic (exact) mass is 654 g/mol. The van der Waals surface area contributed by atoms with Crippen LogP contribution in [0.15, 0.2) is 50.5 Å². The number of ether oxygens (including phenoxy) is 1. The molecule has 2 aromatic rings. The van der Waals surface area contributed by atoms with Crippen LogP contribution in [0.25, 0.3) is 0 Å². The number of carbonyl (C=O) groups excluding carboxylic acids is 1. The number of thiazole rings is 1. The van der Waals surface area contributed by atoms with Crippen LogP contribution in [0.4, 0.5) is 4.39 Å². The quantitative estimate of drug-likeness (QED) is 0.429. The number of halogens is 2. The van der Waals surface area contributed by atoms with Crippen LogP contribution < -0.4 is 5.32 Å². The van der Waals surface area contributed by atoms with Crippen molar-refractivity contribution >= 4 is 55.1 Å². The van der Waals surface area contributed by atoms with Gasteiger partial charge in [-0.1, -0.05) is 12.1 Å². The summed E-state index contributed by atoms with van der Waals surface area (Å²) in [6.45, 7) is 1.99. The van der Waals surface area contributed by atoms with Crippen molar-refractivity contribution in [2.45, 2.75) is 43.9 Å². The normalized spacial score (nSPS) is 26.1. The first-order chi connectivity index (χ1) is 19.0. The zero-order valence-electron chi connectivity index (χ0n) is 21.8. The summed E-state index contributed by atoms with van der Waals surface area (Å²) < 4.78 is 47.8. The minimum absolute atomic E-state index is 0.0849. The maximum absolute atomic E-state index is 14.6. The Morgan fingerprint density at radius 1 is 1.27 bits per heavy atom. The van der Waals surface area contributed by atoms with Gasteiger partial charge >= 0.3 is 11.9 Å². The number of carbonyl (C=O) groups is 2. The minimum Gasteiger partial charge on any atom is -0.481 e. The lowest BCUT2D eigenvalue weighted by atomic mass is 9.70. The summed E-state index contributed by atoms with van der Waals surface area (Å²) >= 11 is 4.67. The van der Waals surface area contributed by atoms with E-state index in [4.69, 9.17) is 9.73 Å². The molecule has 1 atom stereocenters. The lowest BCUT2D eigenvalue weighted by Gasteiger charge is -2.44. The van der Waals surface area contributed by atoms with E-state index in [1.165, 1.54) is 28.8 Å². The van der Waals surface area contributed by atoms with Crippen LogP contribution in [0.3, 0.4) is 0 Å². The number of benzene rings is 1. The van der Waals surface area contributed by atoms with E-state index < -0.39 is 44.5 Å². The Labute approximate surface area is 243 Å². The van der Waals surface area contributed by atoms with Crippen molar-refractivity contribution in [1.82, 2.24) is 14.6 Å². The Morgan fingerprint density at radius 2 is 1.98 bits per heavy atom. The van der Waals surface area contributed by atoms with Crippen molar-refractivity contribution in [2.75, 3.05) is 20.2 Å². The molecular formula is C26H28BrFN4O6S2. The van der Waals surface area contributed by atoms with Crippen LogP contribution in [0, 0.1) is 17.2 Å². The first kappa shape index (κ1) is 28.8. The van der Waals surface area contributed by atoms with Crippen LogP contribution in [-0.4, -0.2) is 66.0 Å². The molecule has 1 unspecified atom stereocenters. The van der Waals surface area contributed by atoms with Crippen LogP contribution in [0.5, 0.6) is 0 Å². The number of nitrogens with one attached hydrogen (secondary N) is 1. The Kier molecular flexibility index (Phi) is 7.89. The molecule has 2 fully saturated rings. The van der Waals surface area contributed by atoms with Crippen molar-refractivity contribution in [3.8, 4) is 0 Å². The highest BCUT2D eigenvalue weighted by Crippen LogP contribution is 2.46. The van der Waals surface area contributed by atoms with Gasteiger partial charge in [0.05, 0.1) is 27.8 Å². The second-order valence-corrected chi connectivity index (χ2v) is 14.3. The smallest absolute Gasteiger partial charge is 0.338 e. The number of hydrogen-bond donors (Lipinski definition) is 2. The number of carboxylic acid groups (broad SMARTS) is 1. The summed E-state index contributed by atoms with van der Waals surface area (Å²) in [5.74, 6) is -1.92. The Balaban J connectivity index is 1.46. The molecule has 214 valence electrons. The molecule has 0 amide bonds. The predicted molar refractivity (Wildman–Crippen MR) is 150 cm³/mol. The van der Waals surface area contributed by atoms with Gasteiger partial charge in [-0.15, -0.1) is 11.3 Å². The van der Waals surface area contributed by atoms with Gasteiger partial charge in [0.25, 0.3) is 0 Å². The number of carboxylic acids is 1. The first-order valence-corrected chi connectivity index (χ1v) is 15.9. The topological polar surface area (TPSA) is 138 Å². The number of aromatic nitrogens is 1. The zero-order valence-corrected chi connectivity index (χ0v) is 25.0. The Bertz CT molecular complexity index is 1500. The molecule has 1 aromatic heterocycles. The number of aliphatic imine (C=N–C) groups is 1. The van der Waals surface area contributed by atoms with Crippen LogP contribution >= 0.6 is 27.3 Å². The molecule has 2 N–H and O–H groups in total. The summed E-state index contributed by atoms with van der Waals surface area (Å²) in [5, 5.41) is 14.3. The molecule has 3 heterocycles. The number of aliphatic carboxylic acids is 1. The highest BCUT2D eigenvalue weighted by molar-refractivity contribution is 9.10. The van der Waals surface area contributed by atoms with Gasteiger partial charge < -0.3 is 15.2 Å². The first-order valence-electron chi connectivity index (χ1n) is 12.7. The molecule has 1 saturated heterocycles. The highest BCUT2D eigenvalue weighted by atomic mass is 79.9.